The Morgan fingerprint density at radius 2 is 1.86 bits per heavy atom. The number of hydrazone groups is 1. The molecule has 0 aliphatic carbocycles. The molecule has 6 nitrogen and oxygen atoms in total. The number of hydrogen-bond acceptors (Lipinski definition) is 6. The van der Waals surface area contributed by atoms with Gasteiger partial charge in [-0.2, -0.15) is 5.10 Å². The predicted octanol–water partition coefficient (Wildman–Crippen LogP) is 3.90. The first kappa shape index (κ1) is 21.1. The van der Waals surface area contributed by atoms with Crippen molar-refractivity contribution in [1.29, 1.82) is 0 Å². The van der Waals surface area contributed by atoms with E-state index in [0.717, 1.165) is 25.2 Å². The Bertz CT molecular complexity index is 829. The number of aliphatic imine (C=N–C) groups is 1. The van der Waals surface area contributed by atoms with Crippen molar-refractivity contribution in [3.63, 3.8) is 0 Å². The van der Waals surface area contributed by atoms with Crippen molar-refractivity contribution in [1.82, 2.24) is 14.8 Å². The highest BCUT2D eigenvalue weighted by Gasteiger charge is 2.36. The Balaban J connectivity index is 2.10. The molecular formula is C19H23F4N5O. The molecule has 1 saturated heterocycles. The van der Waals surface area contributed by atoms with Crippen LogP contribution in [-0.2, 0) is 0 Å². The van der Waals surface area contributed by atoms with E-state index in [-0.39, 0.29) is 5.69 Å². The highest BCUT2D eigenvalue weighted by Crippen LogP contribution is 2.41. The summed E-state index contributed by atoms with van der Waals surface area (Å²) in [6.07, 6.45) is 0.151. The van der Waals surface area contributed by atoms with Crippen LogP contribution < -0.4 is 4.74 Å². The van der Waals surface area contributed by atoms with E-state index in [1.54, 1.807) is 37.2 Å². The minimum absolute atomic E-state index is 0.261. The highest BCUT2D eigenvalue weighted by molar-refractivity contribution is 5.87. The first-order valence-electron chi connectivity index (χ1n) is 9.25. The molecule has 0 saturated carbocycles. The van der Waals surface area contributed by atoms with Gasteiger partial charge < -0.3 is 14.5 Å². The molecule has 0 spiro atoms. The van der Waals surface area contributed by atoms with Gasteiger partial charge in [-0.3, -0.25) is 0 Å². The predicted molar refractivity (Wildman–Crippen MR) is 103 cm³/mol. The van der Waals surface area contributed by atoms with Crippen LogP contribution in [0.25, 0.3) is 0 Å². The van der Waals surface area contributed by atoms with Crippen LogP contribution in [0.3, 0.4) is 0 Å². The van der Waals surface area contributed by atoms with Gasteiger partial charge in [0.15, 0.2) is 11.6 Å². The van der Waals surface area contributed by atoms with E-state index >= 15 is 0 Å². The molecule has 158 valence electrons. The molecule has 1 fully saturated rings. The monoisotopic (exact) mass is 413 g/mol. The lowest BCUT2D eigenvalue weighted by molar-refractivity contribution is -0.275. The summed E-state index contributed by atoms with van der Waals surface area (Å²) in [6.45, 7) is 6.62. The lowest BCUT2D eigenvalue weighted by Crippen LogP contribution is -2.52. The summed E-state index contributed by atoms with van der Waals surface area (Å²) >= 11 is 0. The fourth-order valence-electron chi connectivity index (χ4n) is 3.35. The molecule has 2 aliphatic heterocycles. The quantitative estimate of drug-likeness (QED) is 0.428. The van der Waals surface area contributed by atoms with Gasteiger partial charge in [-0.15, -0.1) is 13.2 Å². The van der Waals surface area contributed by atoms with E-state index in [4.69, 9.17) is 0 Å². The van der Waals surface area contributed by atoms with Gasteiger partial charge in [0.05, 0.1) is 5.69 Å². The fraction of sp³-hybridized carbons (Fsp3) is 0.474. The van der Waals surface area contributed by atoms with Gasteiger partial charge in [-0.25, -0.2) is 14.4 Å². The molecule has 29 heavy (non-hydrogen) atoms. The number of benzene rings is 1. The summed E-state index contributed by atoms with van der Waals surface area (Å²) in [6, 6.07) is 1.48. The molecule has 0 N–H and O–H groups in total. The summed E-state index contributed by atoms with van der Waals surface area (Å²) < 4.78 is 56.1. The first-order chi connectivity index (χ1) is 13.7. The Labute approximate surface area is 166 Å². The molecule has 1 aromatic rings. The Morgan fingerprint density at radius 1 is 1.17 bits per heavy atom. The van der Waals surface area contributed by atoms with Gasteiger partial charge >= 0.3 is 6.36 Å². The second-order valence-electron chi connectivity index (χ2n) is 6.78. The van der Waals surface area contributed by atoms with Crippen LogP contribution >= 0.6 is 0 Å². The van der Waals surface area contributed by atoms with E-state index in [0.29, 0.717) is 24.6 Å². The average molecular weight is 413 g/mol. The van der Waals surface area contributed by atoms with Crippen LogP contribution in [0.1, 0.15) is 25.5 Å². The second-order valence-corrected chi connectivity index (χ2v) is 6.78. The fourth-order valence-corrected chi connectivity index (χ4v) is 3.35. The van der Waals surface area contributed by atoms with Crippen molar-refractivity contribution in [3.8, 4) is 5.75 Å². The largest absolute Gasteiger partial charge is 0.573 e. The number of ether oxygens (including phenoxy) is 1. The van der Waals surface area contributed by atoms with Crippen LogP contribution in [0.4, 0.5) is 23.2 Å². The summed E-state index contributed by atoms with van der Waals surface area (Å²) in [5.74, 6) is -1.46. The third kappa shape index (κ3) is 4.69. The molecule has 2 heterocycles. The van der Waals surface area contributed by atoms with Crippen molar-refractivity contribution in [3.05, 3.63) is 35.7 Å². The van der Waals surface area contributed by atoms with Crippen LogP contribution in [-0.4, -0.2) is 66.6 Å². The van der Waals surface area contributed by atoms with Crippen molar-refractivity contribution in [2.24, 2.45) is 10.1 Å². The molecule has 0 aromatic heterocycles. The van der Waals surface area contributed by atoms with Crippen molar-refractivity contribution in [2.45, 2.75) is 26.3 Å². The van der Waals surface area contributed by atoms with Crippen LogP contribution in [0, 0.1) is 5.82 Å². The number of fused-ring (bicyclic) bond motifs is 1. The zero-order chi connectivity index (χ0) is 21.2. The molecule has 1 atom stereocenters. The molecular weight excluding hydrogens is 390 g/mol. The number of hydrogen-bond donors (Lipinski definition) is 0. The summed E-state index contributed by atoms with van der Waals surface area (Å²) in [5, 5.41) is 6.04. The van der Waals surface area contributed by atoms with Crippen LogP contribution in [0.2, 0.25) is 0 Å². The maximum Gasteiger partial charge on any atom is 0.573 e. The molecule has 0 radical (unpaired) electrons. The van der Waals surface area contributed by atoms with E-state index < -0.39 is 24.0 Å². The third-order valence-corrected chi connectivity index (χ3v) is 4.72. The standard InChI is InChI=1S/C19H23F4N5O/c1-4-6-16-13-11-17(29-19(21,22)23)14(20)12-15(13)25-18(28(16)24-5-2)27-9-7-26(3)8-10-27/h4-6,11-12,16H,7-10H2,1-3H3/b6-4+,24-5-. The van der Waals surface area contributed by atoms with Gasteiger partial charge in [-0.05, 0) is 27.0 Å². The molecule has 1 unspecified atom stereocenters. The minimum Gasteiger partial charge on any atom is -0.403 e. The zero-order valence-electron chi connectivity index (χ0n) is 16.4. The third-order valence-electron chi connectivity index (χ3n) is 4.72. The number of guanidine groups is 1. The smallest absolute Gasteiger partial charge is 0.403 e. The SMILES string of the molecule is C/C=N\N1C(N2CCN(C)CC2)=Nc2cc(F)c(OC(F)(F)F)cc2C1/C=C/C. The number of alkyl halides is 3. The summed E-state index contributed by atoms with van der Waals surface area (Å²) in [5.41, 5.74) is 0.642. The van der Waals surface area contributed by atoms with E-state index in [1.165, 1.54) is 0 Å². The zero-order valence-corrected chi connectivity index (χ0v) is 16.4. The van der Waals surface area contributed by atoms with Crippen LogP contribution in [0.5, 0.6) is 5.75 Å². The van der Waals surface area contributed by atoms with Gasteiger partial charge in [0.2, 0.25) is 5.96 Å². The first-order valence-corrected chi connectivity index (χ1v) is 9.25. The van der Waals surface area contributed by atoms with E-state index in [2.05, 4.69) is 19.7 Å². The summed E-state index contributed by atoms with van der Waals surface area (Å²) in [7, 11) is 2.03. The molecule has 1 aromatic carbocycles. The number of allylic oxidation sites excluding steroid dienone is 1. The number of likely N-dealkylation sites (N-methyl/N-ethyl adjacent to an activating group) is 1. The Morgan fingerprint density at radius 3 is 2.45 bits per heavy atom. The molecule has 3 rings (SSSR count). The number of nitrogens with zero attached hydrogens (tertiary/aromatic N) is 5. The lowest BCUT2D eigenvalue weighted by Gasteiger charge is -2.41. The van der Waals surface area contributed by atoms with Crippen molar-refractivity contribution < 1.29 is 22.3 Å². The molecule has 2 aliphatic rings. The molecule has 0 amide bonds. The average Bonchev–Trinajstić information content (AvgIpc) is 2.64. The Hall–Kier alpha value is -2.62. The number of halogens is 4. The van der Waals surface area contributed by atoms with Crippen molar-refractivity contribution in [2.75, 3.05) is 33.2 Å². The summed E-state index contributed by atoms with van der Waals surface area (Å²) in [4.78, 5) is 8.78. The second kappa shape index (κ2) is 8.40. The number of piperazine rings is 1. The highest BCUT2D eigenvalue weighted by atomic mass is 19.4. The van der Waals surface area contributed by atoms with Gasteiger partial charge in [0, 0.05) is 44.0 Å². The van der Waals surface area contributed by atoms with Gasteiger partial charge in [-0.1, -0.05) is 12.2 Å². The molecule has 10 heteroatoms. The maximum atomic E-state index is 14.3. The van der Waals surface area contributed by atoms with Gasteiger partial charge in [0.25, 0.3) is 0 Å². The van der Waals surface area contributed by atoms with Crippen LogP contribution in [0.15, 0.2) is 34.4 Å². The normalized spacial score (nSPS) is 21.1. The molecule has 0 bridgehead atoms. The Kier molecular flexibility index (Phi) is 6.11. The van der Waals surface area contributed by atoms with Gasteiger partial charge in [0.1, 0.15) is 6.04 Å². The van der Waals surface area contributed by atoms with E-state index in [1.807, 2.05) is 11.9 Å². The topological polar surface area (TPSA) is 43.7 Å². The minimum atomic E-state index is -4.99. The van der Waals surface area contributed by atoms with E-state index in [9.17, 15) is 17.6 Å². The number of rotatable bonds is 3. The van der Waals surface area contributed by atoms with Crippen molar-refractivity contribution >= 4 is 17.9 Å². The lowest BCUT2D eigenvalue weighted by atomic mass is 10.0. The maximum absolute atomic E-state index is 14.3.